The predicted octanol–water partition coefficient (Wildman–Crippen LogP) is 10.8. The lowest BCUT2D eigenvalue weighted by atomic mass is 10.1. The zero-order chi connectivity index (χ0) is 20.3. The minimum Gasteiger partial charge on any atom is -0.127 e. The van der Waals surface area contributed by atoms with Gasteiger partial charge in [0, 0.05) is 11.2 Å². The Hall–Kier alpha value is 0.770. The third-order valence-corrected chi connectivity index (χ3v) is 6.05. The summed E-state index contributed by atoms with van der Waals surface area (Å²) in [5.74, 6) is 0.844. The molecule has 0 heterocycles. The van der Waals surface area contributed by atoms with E-state index in [1.54, 1.807) is 0 Å². The van der Waals surface area contributed by atoms with E-state index in [0.717, 1.165) is 5.88 Å². The van der Waals surface area contributed by atoms with Crippen LogP contribution in [0.1, 0.15) is 149 Å². The summed E-state index contributed by atoms with van der Waals surface area (Å²) >= 11 is 9.07. The van der Waals surface area contributed by atoms with Crippen LogP contribution in [0, 0.1) is 0 Å². The van der Waals surface area contributed by atoms with Gasteiger partial charge in [0.25, 0.3) is 0 Å². The van der Waals surface area contributed by atoms with Crippen LogP contribution in [-0.2, 0) is 0 Å². The largest absolute Gasteiger partial charge is 0.127 e. The highest BCUT2D eigenvalue weighted by Crippen LogP contribution is 2.12. The van der Waals surface area contributed by atoms with Gasteiger partial charge >= 0.3 is 0 Å². The normalized spacial score (nSPS) is 10.7. The van der Waals surface area contributed by atoms with Gasteiger partial charge in [-0.25, -0.2) is 0 Å². The van der Waals surface area contributed by atoms with Gasteiger partial charge in [-0.1, -0.05) is 152 Å². The first kappa shape index (κ1) is 30.0. The van der Waals surface area contributed by atoms with E-state index in [-0.39, 0.29) is 0 Å². The molecular formula is C25H52BrCl. The maximum absolute atomic E-state index is 5.60. The number of hydrogen-bond acceptors (Lipinski definition) is 0. The molecule has 0 radical (unpaired) electrons. The van der Waals surface area contributed by atoms with E-state index in [1.165, 1.54) is 140 Å². The van der Waals surface area contributed by atoms with E-state index in [9.17, 15) is 0 Å². The minimum absolute atomic E-state index is 0.844. The van der Waals surface area contributed by atoms with Gasteiger partial charge in [-0.3, -0.25) is 0 Å². The smallest absolute Gasteiger partial charge is 0.0223 e. The van der Waals surface area contributed by atoms with Crippen LogP contribution < -0.4 is 0 Å². The van der Waals surface area contributed by atoms with Gasteiger partial charge in [-0.15, -0.1) is 11.6 Å². The molecule has 166 valence electrons. The summed E-state index contributed by atoms with van der Waals surface area (Å²) in [7, 11) is 0. The Morgan fingerprint density at radius 1 is 0.407 bits per heavy atom. The van der Waals surface area contributed by atoms with Crippen LogP contribution in [0.25, 0.3) is 0 Å². The lowest BCUT2D eigenvalue weighted by Crippen LogP contribution is -1.82. The van der Waals surface area contributed by atoms with Gasteiger partial charge in [-0.2, -0.15) is 0 Å². The fourth-order valence-corrected chi connectivity index (χ4v) is 3.93. The van der Waals surface area contributed by atoms with Gasteiger partial charge in [0.05, 0.1) is 0 Å². The Labute approximate surface area is 187 Å². The highest BCUT2D eigenvalue weighted by molar-refractivity contribution is 9.09. The Morgan fingerprint density at radius 3 is 0.926 bits per heavy atom. The van der Waals surface area contributed by atoms with Crippen molar-refractivity contribution >= 4 is 27.5 Å². The third kappa shape index (κ3) is 34.7. The molecule has 0 aromatic heterocycles. The molecule has 0 N–H and O–H groups in total. The molecule has 0 nitrogen and oxygen atoms in total. The Kier molecular flexibility index (Phi) is 34.9. The quantitative estimate of drug-likeness (QED) is 0.116. The zero-order valence-electron chi connectivity index (χ0n) is 19.0. The van der Waals surface area contributed by atoms with Crippen molar-refractivity contribution in [3.63, 3.8) is 0 Å². The van der Waals surface area contributed by atoms with Crippen LogP contribution in [0.15, 0.2) is 0 Å². The molecule has 0 aromatic rings. The molecule has 27 heavy (non-hydrogen) atoms. The number of rotatable bonds is 21. The first-order chi connectivity index (χ1) is 13.3. The summed E-state index contributed by atoms with van der Waals surface area (Å²) < 4.78 is 0. The third-order valence-electron chi connectivity index (χ3n) is 5.22. The van der Waals surface area contributed by atoms with E-state index in [0.29, 0.717) is 0 Å². The van der Waals surface area contributed by atoms with Crippen molar-refractivity contribution in [1.29, 1.82) is 0 Å². The van der Waals surface area contributed by atoms with Crippen molar-refractivity contribution in [1.82, 2.24) is 0 Å². The highest BCUT2D eigenvalue weighted by atomic mass is 79.9. The molecule has 2 heteroatoms. The first-order valence-corrected chi connectivity index (χ1v) is 14.1. The van der Waals surface area contributed by atoms with Crippen molar-refractivity contribution in [2.45, 2.75) is 149 Å². The number of halogens is 2. The average molecular weight is 468 g/mol. The van der Waals surface area contributed by atoms with Crippen LogP contribution >= 0.6 is 27.5 Å². The average Bonchev–Trinajstić information content (AvgIpc) is 2.69. The molecule has 0 aliphatic rings. The van der Waals surface area contributed by atoms with Gasteiger partial charge in [0.1, 0.15) is 0 Å². The summed E-state index contributed by atoms with van der Waals surface area (Å²) in [5, 5.41) is 1.18. The molecule has 0 aromatic carbocycles. The molecule has 0 rings (SSSR count). The van der Waals surface area contributed by atoms with E-state index in [4.69, 9.17) is 11.6 Å². The molecule has 0 spiro atoms. The highest BCUT2D eigenvalue weighted by Gasteiger charge is 1.92. The topological polar surface area (TPSA) is 0 Å². The molecule has 0 amide bonds. The van der Waals surface area contributed by atoms with Crippen LogP contribution in [0.4, 0.5) is 0 Å². The van der Waals surface area contributed by atoms with E-state index >= 15 is 0 Å². The van der Waals surface area contributed by atoms with Gasteiger partial charge < -0.3 is 0 Å². The van der Waals surface area contributed by atoms with E-state index in [1.807, 2.05) is 0 Å². The van der Waals surface area contributed by atoms with Crippen molar-refractivity contribution < 1.29 is 0 Å². The zero-order valence-corrected chi connectivity index (χ0v) is 21.4. The summed E-state index contributed by atoms with van der Waals surface area (Å²) in [6.45, 7) is 4.55. The second kappa shape index (κ2) is 31.5. The van der Waals surface area contributed by atoms with Crippen molar-refractivity contribution in [2.24, 2.45) is 0 Å². The maximum Gasteiger partial charge on any atom is 0.0223 e. The Morgan fingerprint density at radius 2 is 0.667 bits per heavy atom. The number of alkyl halides is 2. The second-order valence-electron chi connectivity index (χ2n) is 8.10. The van der Waals surface area contributed by atoms with Crippen molar-refractivity contribution in [3.05, 3.63) is 0 Å². The Balaban J connectivity index is 0. The van der Waals surface area contributed by atoms with Crippen LogP contribution in [0.3, 0.4) is 0 Å². The summed E-state index contributed by atoms with van der Waals surface area (Å²) in [5.41, 5.74) is 0. The summed E-state index contributed by atoms with van der Waals surface area (Å²) in [6, 6.07) is 0. The van der Waals surface area contributed by atoms with Crippen molar-refractivity contribution in [3.8, 4) is 0 Å². The van der Waals surface area contributed by atoms with Gasteiger partial charge in [0.15, 0.2) is 0 Å². The number of hydrogen-bond donors (Lipinski definition) is 0. The molecule has 0 aliphatic carbocycles. The van der Waals surface area contributed by atoms with E-state index in [2.05, 4.69) is 29.8 Å². The van der Waals surface area contributed by atoms with Crippen molar-refractivity contribution in [2.75, 3.05) is 11.2 Å². The van der Waals surface area contributed by atoms with Gasteiger partial charge in [-0.05, 0) is 12.8 Å². The first-order valence-electron chi connectivity index (χ1n) is 12.4. The molecule has 0 saturated heterocycles. The van der Waals surface area contributed by atoms with Crippen LogP contribution in [-0.4, -0.2) is 11.2 Å². The summed E-state index contributed by atoms with van der Waals surface area (Å²) in [6.07, 6.45) is 29.7. The summed E-state index contributed by atoms with van der Waals surface area (Å²) in [4.78, 5) is 0. The van der Waals surface area contributed by atoms with E-state index < -0.39 is 0 Å². The molecular weight excluding hydrogens is 416 g/mol. The van der Waals surface area contributed by atoms with Crippen LogP contribution in [0.2, 0.25) is 0 Å². The SMILES string of the molecule is CCCCCCCCCCCCCBr.CCCCCCCCCCCCCl. The predicted molar refractivity (Wildman–Crippen MR) is 133 cm³/mol. The minimum atomic E-state index is 0.844. The monoisotopic (exact) mass is 466 g/mol. The fraction of sp³-hybridized carbons (Fsp3) is 1.00. The standard InChI is InChI=1S/C13H27Br.C12H25Cl/c1-2-3-4-5-6-7-8-9-10-11-12-13-14;1-2-3-4-5-6-7-8-9-10-11-12-13/h2-13H2,1H3;2-12H2,1H3. The fourth-order valence-electron chi connectivity index (χ4n) is 3.34. The molecule has 0 aliphatic heterocycles. The van der Waals surface area contributed by atoms with Gasteiger partial charge in [0.2, 0.25) is 0 Å². The Bertz CT molecular complexity index is 198. The molecule has 0 unspecified atom stereocenters. The lowest BCUT2D eigenvalue weighted by Gasteiger charge is -2.01. The molecule has 0 saturated carbocycles. The maximum atomic E-state index is 5.60. The molecule has 0 fully saturated rings. The number of unbranched alkanes of at least 4 members (excludes halogenated alkanes) is 19. The second-order valence-corrected chi connectivity index (χ2v) is 9.27. The lowest BCUT2D eigenvalue weighted by molar-refractivity contribution is 0.555. The molecule has 0 atom stereocenters. The van der Waals surface area contributed by atoms with Crippen LogP contribution in [0.5, 0.6) is 0 Å². The molecule has 0 bridgehead atoms.